The normalized spacial score (nSPS) is 33.4. The SMILES string of the molecule is O=C(Oc1cccc(N2C(=O)C3C4CC(C(Br)C4Br)C3C2=O)c1)c1ccco1. The van der Waals surface area contributed by atoms with Gasteiger partial charge in [0.05, 0.1) is 23.8 Å². The predicted octanol–water partition coefficient (Wildman–Crippen LogP) is 3.78. The summed E-state index contributed by atoms with van der Waals surface area (Å²) in [4.78, 5) is 39.9. The Morgan fingerprint density at radius 2 is 1.71 bits per heavy atom. The van der Waals surface area contributed by atoms with E-state index in [2.05, 4.69) is 31.9 Å². The van der Waals surface area contributed by atoms with E-state index in [-0.39, 0.29) is 56.7 Å². The van der Waals surface area contributed by atoms with Gasteiger partial charge in [0.1, 0.15) is 5.75 Å². The number of fused-ring (bicyclic) bond motifs is 5. The van der Waals surface area contributed by atoms with Crippen LogP contribution >= 0.6 is 31.9 Å². The van der Waals surface area contributed by atoms with Gasteiger partial charge in [-0.05, 0) is 42.5 Å². The van der Waals surface area contributed by atoms with Gasteiger partial charge in [0.15, 0.2) is 0 Å². The van der Waals surface area contributed by atoms with Gasteiger partial charge in [-0.2, -0.15) is 0 Å². The number of anilines is 1. The van der Waals surface area contributed by atoms with E-state index in [1.54, 1.807) is 24.3 Å². The van der Waals surface area contributed by atoms with Gasteiger partial charge in [-0.15, -0.1) is 0 Å². The summed E-state index contributed by atoms with van der Waals surface area (Å²) in [7, 11) is 0. The van der Waals surface area contributed by atoms with Crippen molar-refractivity contribution >= 4 is 55.3 Å². The van der Waals surface area contributed by atoms with E-state index in [1.165, 1.54) is 23.3 Å². The van der Waals surface area contributed by atoms with E-state index in [1.807, 2.05) is 0 Å². The lowest BCUT2D eigenvalue weighted by Crippen LogP contribution is -2.37. The molecule has 1 saturated heterocycles. The third-order valence-corrected chi connectivity index (χ3v) is 9.20. The second-order valence-corrected chi connectivity index (χ2v) is 9.49. The minimum Gasteiger partial charge on any atom is -0.457 e. The number of benzene rings is 1. The van der Waals surface area contributed by atoms with Gasteiger partial charge >= 0.3 is 5.97 Å². The summed E-state index contributed by atoms with van der Waals surface area (Å²) < 4.78 is 10.3. The van der Waals surface area contributed by atoms with Crippen molar-refractivity contribution in [2.45, 2.75) is 16.1 Å². The molecule has 2 saturated carbocycles. The summed E-state index contributed by atoms with van der Waals surface area (Å²) in [5.41, 5.74) is 0.422. The number of hydrogen-bond donors (Lipinski definition) is 0. The van der Waals surface area contributed by atoms with Crippen LogP contribution in [0.4, 0.5) is 5.69 Å². The zero-order valence-electron chi connectivity index (χ0n) is 14.5. The second kappa shape index (κ2) is 6.56. The van der Waals surface area contributed by atoms with Crippen LogP contribution in [0.5, 0.6) is 5.75 Å². The molecule has 3 aliphatic rings. The number of ether oxygens (including phenoxy) is 1. The van der Waals surface area contributed by atoms with Crippen molar-refractivity contribution in [3.8, 4) is 5.75 Å². The van der Waals surface area contributed by atoms with Crippen LogP contribution in [0, 0.1) is 23.7 Å². The third kappa shape index (κ3) is 2.54. The van der Waals surface area contributed by atoms with E-state index in [4.69, 9.17) is 9.15 Å². The Morgan fingerprint density at radius 3 is 2.32 bits per heavy atom. The number of imide groups is 1. The van der Waals surface area contributed by atoms with E-state index in [0.717, 1.165) is 6.42 Å². The first kappa shape index (κ1) is 18.1. The molecule has 28 heavy (non-hydrogen) atoms. The maximum Gasteiger partial charge on any atom is 0.379 e. The Labute approximate surface area is 177 Å². The fourth-order valence-electron chi connectivity index (χ4n) is 4.84. The van der Waals surface area contributed by atoms with Crippen LogP contribution in [0.1, 0.15) is 17.0 Å². The molecule has 0 spiro atoms. The number of rotatable bonds is 3. The van der Waals surface area contributed by atoms with Gasteiger partial charge < -0.3 is 9.15 Å². The topological polar surface area (TPSA) is 76.8 Å². The lowest BCUT2D eigenvalue weighted by atomic mass is 9.81. The maximum absolute atomic E-state index is 13.1. The number of alkyl halides is 2. The van der Waals surface area contributed by atoms with Gasteiger partial charge in [0.25, 0.3) is 0 Å². The van der Waals surface area contributed by atoms with E-state index < -0.39 is 5.97 Å². The number of carbonyl (C=O) groups excluding carboxylic acids is 3. The molecular formula is C20H15Br2NO5. The molecule has 0 N–H and O–H groups in total. The van der Waals surface area contributed by atoms with Gasteiger partial charge in [-0.1, -0.05) is 37.9 Å². The first-order chi connectivity index (χ1) is 13.5. The summed E-state index contributed by atoms with van der Waals surface area (Å²) in [6.45, 7) is 0. The average molecular weight is 509 g/mol. The van der Waals surface area contributed by atoms with E-state index in [9.17, 15) is 14.4 Å². The van der Waals surface area contributed by atoms with E-state index >= 15 is 0 Å². The minimum absolute atomic E-state index is 0.0801. The minimum atomic E-state index is -0.639. The van der Waals surface area contributed by atoms with Gasteiger partial charge in [-0.3, -0.25) is 9.59 Å². The molecule has 1 aromatic heterocycles. The smallest absolute Gasteiger partial charge is 0.379 e. The molecule has 1 aliphatic heterocycles. The molecule has 8 heteroatoms. The Hall–Kier alpha value is -1.93. The lowest BCUT2D eigenvalue weighted by Gasteiger charge is -2.28. The first-order valence-electron chi connectivity index (χ1n) is 8.99. The Bertz CT molecular complexity index is 943. The standard InChI is InChI=1S/C20H15Br2NO5/c21-16-11-8-12(17(16)22)15-14(11)18(24)23(19(15)25)9-3-1-4-10(7-9)28-20(26)13-5-2-6-27-13/h1-7,11-12,14-17H,8H2. The van der Waals surface area contributed by atoms with Gasteiger partial charge in [0.2, 0.25) is 17.6 Å². The highest BCUT2D eigenvalue weighted by molar-refractivity contribution is 9.12. The summed E-state index contributed by atoms with van der Waals surface area (Å²) in [5, 5.41) is 0. The quantitative estimate of drug-likeness (QED) is 0.273. The Balaban J connectivity index is 1.42. The molecule has 3 fully saturated rings. The van der Waals surface area contributed by atoms with Crippen molar-refractivity contribution in [1.29, 1.82) is 0 Å². The molecule has 5 rings (SSSR count). The van der Waals surface area contributed by atoms with Crippen LogP contribution in [0.2, 0.25) is 0 Å². The third-order valence-electron chi connectivity index (χ3n) is 6.00. The number of carbonyl (C=O) groups is 3. The monoisotopic (exact) mass is 507 g/mol. The van der Waals surface area contributed by atoms with Crippen LogP contribution in [-0.2, 0) is 9.59 Å². The Morgan fingerprint density at radius 1 is 1.04 bits per heavy atom. The highest BCUT2D eigenvalue weighted by Gasteiger charge is 2.66. The first-order valence-corrected chi connectivity index (χ1v) is 10.8. The van der Waals surface area contributed by atoms with Gasteiger partial charge in [-0.25, -0.2) is 9.69 Å². The van der Waals surface area contributed by atoms with Crippen molar-refractivity contribution in [2.75, 3.05) is 4.90 Å². The maximum atomic E-state index is 13.1. The molecule has 6 unspecified atom stereocenters. The molecule has 1 aromatic carbocycles. The fraction of sp³-hybridized carbons (Fsp3) is 0.350. The molecule has 6 nitrogen and oxygen atoms in total. The van der Waals surface area contributed by atoms with Crippen molar-refractivity contribution in [2.24, 2.45) is 23.7 Å². The van der Waals surface area contributed by atoms with Crippen molar-refractivity contribution < 1.29 is 23.5 Å². The summed E-state index contributed by atoms with van der Waals surface area (Å²) >= 11 is 7.37. The largest absolute Gasteiger partial charge is 0.457 e. The zero-order chi connectivity index (χ0) is 19.6. The summed E-state index contributed by atoms with van der Waals surface area (Å²) in [5.74, 6) is -0.911. The number of amides is 2. The van der Waals surface area contributed by atoms with Gasteiger partial charge in [0, 0.05) is 15.7 Å². The molecular weight excluding hydrogens is 494 g/mol. The second-order valence-electron chi connectivity index (χ2n) is 7.38. The molecule has 144 valence electrons. The lowest BCUT2D eigenvalue weighted by molar-refractivity contribution is -0.123. The number of hydrogen-bond acceptors (Lipinski definition) is 5. The number of nitrogens with zero attached hydrogens (tertiary/aromatic N) is 1. The molecule has 2 heterocycles. The summed E-state index contributed by atoms with van der Waals surface area (Å²) in [6.07, 6.45) is 2.27. The average Bonchev–Trinajstić information content (AvgIpc) is 3.43. The number of halogens is 2. The predicted molar refractivity (Wildman–Crippen MR) is 107 cm³/mol. The van der Waals surface area contributed by atoms with Crippen LogP contribution in [0.25, 0.3) is 0 Å². The highest BCUT2D eigenvalue weighted by Crippen LogP contribution is 2.60. The van der Waals surface area contributed by atoms with Crippen molar-refractivity contribution in [1.82, 2.24) is 0 Å². The van der Waals surface area contributed by atoms with Crippen LogP contribution < -0.4 is 9.64 Å². The van der Waals surface area contributed by atoms with Crippen LogP contribution in [-0.4, -0.2) is 27.4 Å². The molecule has 2 bridgehead atoms. The van der Waals surface area contributed by atoms with Crippen molar-refractivity contribution in [3.05, 3.63) is 48.4 Å². The number of esters is 1. The number of furan rings is 1. The van der Waals surface area contributed by atoms with Crippen LogP contribution in [0.15, 0.2) is 47.1 Å². The fourth-order valence-corrected chi connectivity index (χ4v) is 6.71. The van der Waals surface area contributed by atoms with Crippen molar-refractivity contribution in [3.63, 3.8) is 0 Å². The summed E-state index contributed by atoms with van der Waals surface area (Å²) in [6, 6.07) is 9.57. The molecule has 2 aromatic rings. The Kier molecular flexibility index (Phi) is 4.24. The molecule has 2 aliphatic carbocycles. The van der Waals surface area contributed by atoms with Crippen LogP contribution in [0.3, 0.4) is 0 Å². The van der Waals surface area contributed by atoms with E-state index in [0.29, 0.717) is 5.69 Å². The zero-order valence-corrected chi connectivity index (χ0v) is 17.6. The molecule has 0 radical (unpaired) electrons. The molecule has 6 atom stereocenters. The molecule has 2 amide bonds. The highest BCUT2D eigenvalue weighted by atomic mass is 79.9.